The summed E-state index contributed by atoms with van der Waals surface area (Å²) in [5.74, 6) is -0.257. The van der Waals surface area contributed by atoms with Gasteiger partial charge >= 0.3 is 5.97 Å². The molecular formula is C12H25N2O3P. The van der Waals surface area contributed by atoms with Crippen molar-refractivity contribution in [3.63, 3.8) is 0 Å². The summed E-state index contributed by atoms with van der Waals surface area (Å²) in [6.45, 7) is 9.83. The van der Waals surface area contributed by atoms with E-state index < -0.39 is 5.54 Å². The molecule has 0 radical (unpaired) electrons. The molecule has 1 atom stereocenters. The Kier molecular flexibility index (Phi) is 8.94. The van der Waals surface area contributed by atoms with Gasteiger partial charge in [-0.1, -0.05) is 24.9 Å². The maximum atomic E-state index is 11.8. The molecule has 0 aromatic rings. The second kappa shape index (κ2) is 9.29. The van der Waals surface area contributed by atoms with Gasteiger partial charge in [-0.3, -0.25) is 4.79 Å². The van der Waals surface area contributed by atoms with Crippen LogP contribution in [0.15, 0.2) is 5.16 Å². The van der Waals surface area contributed by atoms with Crippen LogP contribution in [0.2, 0.25) is 0 Å². The lowest BCUT2D eigenvalue weighted by Crippen LogP contribution is -2.43. The Morgan fingerprint density at radius 3 is 2.56 bits per heavy atom. The highest BCUT2D eigenvalue weighted by molar-refractivity contribution is 7.29. The summed E-state index contributed by atoms with van der Waals surface area (Å²) in [7, 11) is -0.0637. The highest BCUT2D eigenvalue weighted by Crippen LogP contribution is 2.16. The smallest absolute Gasteiger partial charge is 0.326 e. The molecule has 6 heteroatoms. The monoisotopic (exact) mass is 276 g/mol. The van der Waals surface area contributed by atoms with Crippen LogP contribution in [0.25, 0.3) is 0 Å². The first-order valence-corrected chi connectivity index (χ1v) is 7.17. The lowest BCUT2D eigenvalue weighted by molar-refractivity contribution is -0.149. The minimum absolute atomic E-state index is 0.0637. The maximum Gasteiger partial charge on any atom is 0.326 e. The first kappa shape index (κ1) is 17.3. The first-order chi connectivity index (χ1) is 8.40. The quantitative estimate of drug-likeness (QED) is 0.231. The second-order valence-corrected chi connectivity index (χ2v) is 5.46. The Balaban J connectivity index is 3.88. The third kappa shape index (κ3) is 8.43. The molecule has 1 unspecified atom stereocenters. The van der Waals surface area contributed by atoms with E-state index in [4.69, 9.17) is 9.36 Å². The van der Waals surface area contributed by atoms with Gasteiger partial charge in [0.1, 0.15) is 5.54 Å². The van der Waals surface area contributed by atoms with E-state index in [0.717, 1.165) is 25.0 Å². The lowest BCUT2D eigenvalue weighted by Gasteiger charge is -2.22. The Morgan fingerprint density at radius 1 is 1.33 bits per heavy atom. The van der Waals surface area contributed by atoms with E-state index >= 15 is 0 Å². The molecule has 18 heavy (non-hydrogen) atoms. The molecule has 0 spiro atoms. The zero-order valence-electron chi connectivity index (χ0n) is 12.0. The fourth-order valence-electron chi connectivity index (χ4n) is 1.01. The first-order valence-electron chi connectivity index (χ1n) is 6.26. The fourth-order valence-corrected chi connectivity index (χ4v) is 1.64. The predicted molar refractivity (Wildman–Crippen MR) is 75.9 cm³/mol. The Hall–Kier alpha value is -0.670. The Labute approximate surface area is 112 Å². The molecule has 0 aliphatic rings. The topological polar surface area (TPSA) is 59.9 Å². The normalized spacial score (nSPS) is 11.6. The van der Waals surface area contributed by atoms with Crippen molar-refractivity contribution in [2.75, 3.05) is 6.61 Å². The summed E-state index contributed by atoms with van der Waals surface area (Å²) in [5, 5.41) is 6.77. The van der Waals surface area contributed by atoms with Gasteiger partial charge in [0.15, 0.2) is 8.96 Å². The molecule has 0 fully saturated rings. The molecule has 0 amide bonds. The Bertz CT molecular complexity index is 276. The summed E-state index contributed by atoms with van der Waals surface area (Å²) in [6, 6.07) is 0. The van der Waals surface area contributed by atoms with Crippen molar-refractivity contribution in [2.24, 2.45) is 5.16 Å². The van der Waals surface area contributed by atoms with Crippen LogP contribution in [-0.4, -0.2) is 23.8 Å². The van der Waals surface area contributed by atoms with Crippen LogP contribution in [0.3, 0.4) is 0 Å². The van der Waals surface area contributed by atoms with Crippen molar-refractivity contribution in [1.82, 2.24) is 5.09 Å². The number of esters is 1. The number of oxime groups is 1. The number of carbonyl (C=O) groups is 1. The molecule has 106 valence electrons. The van der Waals surface area contributed by atoms with Gasteiger partial charge in [-0.05, 0) is 34.1 Å². The van der Waals surface area contributed by atoms with Gasteiger partial charge in [-0.2, -0.15) is 0 Å². The number of unbranched alkanes of at least 4 members (excludes halogenated alkanes) is 2. The molecule has 5 nitrogen and oxygen atoms in total. The summed E-state index contributed by atoms with van der Waals surface area (Å²) >= 11 is 0. The van der Waals surface area contributed by atoms with Crippen molar-refractivity contribution in [3.8, 4) is 0 Å². The zero-order chi connectivity index (χ0) is 14.0. The number of hydrogen-bond donors (Lipinski definition) is 1. The number of nitrogens with one attached hydrogen (secondary N) is 1. The average Bonchev–Trinajstić information content (AvgIpc) is 2.30. The van der Waals surface area contributed by atoms with Crippen LogP contribution in [0, 0.1) is 0 Å². The summed E-state index contributed by atoms with van der Waals surface area (Å²) in [4.78, 5) is 11.8. The molecule has 0 aliphatic heterocycles. The number of nitrogens with zero attached hydrogens (tertiary/aromatic N) is 1. The van der Waals surface area contributed by atoms with E-state index in [1.165, 1.54) is 0 Å². The van der Waals surface area contributed by atoms with Gasteiger partial charge in [0.05, 0.1) is 12.3 Å². The molecule has 0 heterocycles. The van der Waals surface area contributed by atoms with Gasteiger partial charge in [0, 0.05) is 0 Å². The predicted octanol–water partition coefficient (Wildman–Crippen LogP) is 3.01. The molecule has 1 N–H and O–H groups in total. The molecule has 0 aromatic heterocycles. The molecule has 0 aromatic carbocycles. The van der Waals surface area contributed by atoms with Gasteiger partial charge in [-0.25, -0.2) is 5.09 Å². The highest BCUT2D eigenvalue weighted by atomic mass is 31.1. The standard InChI is InChI=1S/C12H25N2O3P/c1-6-7-8-9-16-11(15)12(4,5)14-18-17-13-10(2)3/h14,18H,6-9H2,1-5H3. The van der Waals surface area contributed by atoms with E-state index in [9.17, 15) is 4.79 Å². The van der Waals surface area contributed by atoms with Crippen LogP contribution in [0.4, 0.5) is 0 Å². The summed E-state index contributed by atoms with van der Waals surface area (Å²) in [6.07, 6.45) is 3.11. The molecule has 0 aliphatic carbocycles. The van der Waals surface area contributed by atoms with Crippen LogP contribution in [-0.2, 0) is 14.2 Å². The highest BCUT2D eigenvalue weighted by Gasteiger charge is 2.29. The third-order valence-corrected chi connectivity index (χ3v) is 3.04. The molecule has 0 rings (SSSR count). The zero-order valence-corrected chi connectivity index (χ0v) is 13.0. The maximum absolute atomic E-state index is 11.8. The van der Waals surface area contributed by atoms with Gasteiger partial charge in [-0.15, -0.1) is 0 Å². The van der Waals surface area contributed by atoms with Crippen molar-refractivity contribution in [1.29, 1.82) is 0 Å². The van der Waals surface area contributed by atoms with Crippen molar-refractivity contribution >= 4 is 20.6 Å². The van der Waals surface area contributed by atoms with Crippen LogP contribution >= 0.6 is 8.96 Å². The van der Waals surface area contributed by atoms with Crippen molar-refractivity contribution < 1.29 is 14.2 Å². The number of carbonyl (C=O) groups excluding carboxylic acids is 1. The van der Waals surface area contributed by atoms with Crippen LogP contribution in [0.1, 0.15) is 53.9 Å². The minimum atomic E-state index is -0.748. The molecule has 0 saturated carbocycles. The van der Waals surface area contributed by atoms with E-state index in [0.29, 0.717) is 6.61 Å². The fraction of sp³-hybridized carbons (Fsp3) is 0.833. The van der Waals surface area contributed by atoms with E-state index in [2.05, 4.69) is 17.2 Å². The molecular weight excluding hydrogens is 251 g/mol. The largest absolute Gasteiger partial charge is 0.464 e. The second-order valence-electron chi connectivity index (χ2n) is 4.82. The lowest BCUT2D eigenvalue weighted by atomic mass is 10.1. The Morgan fingerprint density at radius 2 is 2.00 bits per heavy atom. The van der Waals surface area contributed by atoms with Crippen molar-refractivity contribution in [2.45, 2.75) is 59.4 Å². The molecule has 0 bridgehead atoms. The number of rotatable bonds is 9. The molecule has 0 saturated heterocycles. The van der Waals surface area contributed by atoms with Crippen molar-refractivity contribution in [3.05, 3.63) is 0 Å². The minimum Gasteiger partial charge on any atom is -0.464 e. The van der Waals surface area contributed by atoms with Gasteiger partial charge in [0.25, 0.3) is 0 Å². The number of ether oxygens (including phenoxy) is 1. The van der Waals surface area contributed by atoms with E-state index in [-0.39, 0.29) is 14.9 Å². The average molecular weight is 276 g/mol. The van der Waals surface area contributed by atoms with Gasteiger partial charge < -0.3 is 9.36 Å². The number of hydrogen-bond acceptors (Lipinski definition) is 5. The third-order valence-electron chi connectivity index (χ3n) is 2.13. The SMILES string of the molecule is CCCCCOC(=O)C(C)(C)NPON=C(C)C. The van der Waals surface area contributed by atoms with Crippen LogP contribution < -0.4 is 5.09 Å². The summed E-state index contributed by atoms with van der Waals surface area (Å²) < 4.78 is 10.2. The summed E-state index contributed by atoms with van der Waals surface area (Å²) in [5.41, 5.74) is 0.0891. The van der Waals surface area contributed by atoms with E-state index in [1.807, 2.05) is 13.8 Å². The van der Waals surface area contributed by atoms with Crippen LogP contribution in [0.5, 0.6) is 0 Å². The van der Waals surface area contributed by atoms with E-state index in [1.54, 1.807) is 13.8 Å². The van der Waals surface area contributed by atoms with Gasteiger partial charge in [0.2, 0.25) is 0 Å².